The molecule has 13 heteroatoms. The Kier molecular flexibility index (Phi) is 23.8. The number of carbonyl (C=O) groups is 6. The Bertz CT molecular complexity index is 350. The van der Waals surface area contributed by atoms with Crippen LogP contribution in [-0.2, 0) is 49.8 Å². The van der Waals surface area contributed by atoms with Crippen molar-refractivity contribution in [1.82, 2.24) is 0 Å². The molecule has 0 fully saturated rings. The summed E-state index contributed by atoms with van der Waals surface area (Å²) in [6.45, 7) is 0. The molecule has 0 aromatic carbocycles. The molecule has 0 aromatic heterocycles. The van der Waals surface area contributed by atoms with Crippen molar-refractivity contribution in [2.24, 2.45) is 0 Å². The minimum atomic E-state index is -1.37. The van der Waals surface area contributed by atoms with Gasteiger partial charge in [-0.15, -0.1) is 0 Å². The van der Waals surface area contributed by atoms with Gasteiger partial charge in [-0.25, -0.2) is 0 Å². The van der Waals surface area contributed by atoms with Gasteiger partial charge in [0.15, 0.2) is 0 Å². The Morgan fingerprint density at radius 2 is 0.440 bits per heavy atom. The Morgan fingerprint density at radius 3 is 0.480 bits per heavy atom. The van der Waals surface area contributed by atoms with Gasteiger partial charge in [0, 0.05) is 35.8 Å². The van der Waals surface area contributed by atoms with Crippen LogP contribution in [0.4, 0.5) is 0 Å². The molecule has 0 aliphatic carbocycles. The van der Waals surface area contributed by atoms with Crippen molar-refractivity contribution >= 4 is 35.8 Å². The van der Waals surface area contributed by atoms with Crippen molar-refractivity contribution in [3.05, 3.63) is 0 Å². The molecule has 0 spiro atoms. The van der Waals surface area contributed by atoms with Crippen LogP contribution in [0.2, 0.25) is 0 Å². The van der Waals surface area contributed by atoms with Gasteiger partial charge >= 0.3 is 21.1 Å². The molecule has 0 aromatic rings. The summed E-state index contributed by atoms with van der Waals surface area (Å²) in [4.78, 5) is 57.0. The molecule has 138 valence electrons. The summed E-state index contributed by atoms with van der Waals surface area (Å²) in [6.07, 6.45) is -2.82. The zero-order valence-electron chi connectivity index (χ0n) is 12.5. The maximum absolute atomic E-state index is 9.50. The summed E-state index contributed by atoms with van der Waals surface area (Å²) >= 11 is 0. The zero-order valence-corrected chi connectivity index (χ0v) is 14.6. The number of carboxylic acids is 6. The minimum Gasteiger partial charge on any atom is -0.550 e. The fourth-order valence-electron chi connectivity index (χ4n) is 0.612. The summed E-state index contributed by atoms with van der Waals surface area (Å²) < 4.78 is 0. The van der Waals surface area contributed by atoms with Crippen molar-refractivity contribution in [3.8, 4) is 0 Å². The first-order chi connectivity index (χ1) is 10.9. The van der Waals surface area contributed by atoms with E-state index in [4.69, 9.17) is 0 Å². The second-order valence-electron chi connectivity index (χ2n) is 3.73. The quantitative estimate of drug-likeness (QED) is 0.301. The molecule has 0 aliphatic rings. The Balaban J connectivity index is -0.000000130. The van der Waals surface area contributed by atoms with Crippen LogP contribution in [-0.4, -0.2) is 35.8 Å². The third-order valence-electron chi connectivity index (χ3n) is 1.60. The minimum absolute atomic E-state index is 0. The van der Waals surface area contributed by atoms with Crippen LogP contribution in [0.25, 0.3) is 0 Å². The van der Waals surface area contributed by atoms with Crippen LogP contribution >= 0.6 is 0 Å². The largest absolute Gasteiger partial charge is 6.00 e. The van der Waals surface area contributed by atoms with Gasteiger partial charge in [-0.2, -0.15) is 0 Å². The second kappa shape index (κ2) is 19.6. The summed E-state index contributed by atoms with van der Waals surface area (Å²) in [5, 5.41) is 57.0. The molecule has 0 unspecified atom stereocenters. The molecule has 0 saturated heterocycles. The van der Waals surface area contributed by atoms with Crippen LogP contribution in [0.15, 0.2) is 0 Å². The van der Waals surface area contributed by atoms with E-state index in [-0.39, 0.29) is 21.1 Å². The Morgan fingerprint density at radius 1 is 0.360 bits per heavy atom. The topological polar surface area (TPSA) is 241 Å². The molecule has 25 heavy (non-hydrogen) atoms. The SMILES string of the molecule is O=C([O-])CCC(=O)[O-].O=C([O-])CCC(=O)[O-].O=C([O-])CCC(=O)[O-].[Mo+6]. The standard InChI is InChI=1S/3C4H6O4.Mo/c3*5-3(6)1-2-4(7)8;/h3*1-2H2,(H,5,6)(H,7,8);/q;;;+6/p-6. The Labute approximate surface area is 155 Å². The molecular formula is C12H12MoO12. The van der Waals surface area contributed by atoms with Crippen LogP contribution in [0.5, 0.6) is 0 Å². The first kappa shape index (κ1) is 30.4. The van der Waals surface area contributed by atoms with Crippen molar-refractivity contribution in [3.63, 3.8) is 0 Å². The molecule has 0 aliphatic heterocycles. The number of carbonyl (C=O) groups excluding carboxylic acids is 6. The summed E-state index contributed by atoms with van der Waals surface area (Å²) in [6, 6.07) is 0. The van der Waals surface area contributed by atoms with E-state index in [1.165, 1.54) is 0 Å². The van der Waals surface area contributed by atoms with Gasteiger partial charge in [0.05, 0.1) is 0 Å². The number of hydrogen-bond acceptors (Lipinski definition) is 12. The van der Waals surface area contributed by atoms with Gasteiger partial charge in [-0.1, -0.05) is 0 Å². The maximum Gasteiger partial charge on any atom is 6.00 e. The van der Waals surface area contributed by atoms with Crippen LogP contribution in [0, 0.1) is 0 Å². The van der Waals surface area contributed by atoms with Gasteiger partial charge in [-0.05, 0) is 38.5 Å². The van der Waals surface area contributed by atoms with E-state index in [1.807, 2.05) is 0 Å². The summed E-state index contributed by atoms with van der Waals surface area (Å²) in [7, 11) is 0. The van der Waals surface area contributed by atoms with Gasteiger partial charge in [0.25, 0.3) is 0 Å². The molecule has 0 bridgehead atoms. The number of rotatable bonds is 9. The number of carboxylic acid groups (broad SMARTS) is 6. The molecule has 0 amide bonds. The van der Waals surface area contributed by atoms with Crippen LogP contribution in [0.1, 0.15) is 38.5 Å². The van der Waals surface area contributed by atoms with E-state index >= 15 is 0 Å². The summed E-state index contributed by atoms with van der Waals surface area (Å²) in [5.41, 5.74) is 0. The predicted molar refractivity (Wildman–Crippen MR) is 57.7 cm³/mol. The van der Waals surface area contributed by atoms with E-state index in [0.29, 0.717) is 0 Å². The zero-order chi connectivity index (χ0) is 19.7. The monoisotopic (exact) mass is 446 g/mol. The van der Waals surface area contributed by atoms with Crippen molar-refractivity contribution in [1.29, 1.82) is 0 Å². The van der Waals surface area contributed by atoms with E-state index in [1.54, 1.807) is 0 Å². The predicted octanol–water partition coefficient (Wildman–Crippen LogP) is -8.20. The molecule has 0 atom stereocenters. The van der Waals surface area contributed by atoms with Crippen LogP contribution < -0.4 is 30.6 Å². The van der Waals surface area contributed by atoms with Gasteiger partial charge < -0.3 is 59.4 Å². The maximum atomic E-state index is 9.50. The molecular weight excluding hydrogens is 432 g/mol. The molecule has 0 radical (unpaired) electrons. The Hall–Kier alpha value is -2.49. The van der Waals surface area contributed by atoms with Crippen molar-refractivity contribution < 1.29 is 80.5 Å². The van der Waals surface area contributed by atoms with E-state index in [2.05, 4.69) is 0 Å². The number of aliphatic carboxylic acids is 6. The second-order valence-corrected chi connectivity index (χ2v) is 3.73. The summed E-state index contributed by atoms with van der Waals surface area (Å²) in [5.74, 6) is -8.20. The first-order valence-corrected chi connectivity index (χ1v) is 6.07. The normalized spacial score (nSPS) is 8.16. The molecule has 12 nitrogen and oxygen atoms in total. The molecule has 0 rings (SSSR count). The fraction of sp³-hybridized carbons (Fsp3) is 0.500. The third kappa shape index (κ3) is 52.3. The smallest absolute Gasteiger partial charge is 0.550 e. The fourth-order valence-corrected chi connectivity index (χ4v) is 0.612. The molecule has 0 heterocycles. The average molecular weight is 444 g/mol. The number of hydrogen-bond donors (Lipinski definition) is 0. The van der Waals surface area contributed by atoms with Crippen molar-refractivity contribution in [2.75, 3.05) is 0 Å². The van der Waals surface area contributed by atoms with E-state index < -0.39 is 74.3 Å². The average Bonchev–Trinajstić information content (AvgIpc) is 2.42. The molecule has 0 N–H and O–H groups in total. The first-order valence-electron chi connectivity index (χ1n) is 6.07. The van der Waals surface area contributed by atoms with E-state index in [0.717, 1.165) is 0 Å². The third-order valence-corrected chi connectivity index (χ3v) is 1.60. The van der Waals surface area contributed by atoms with Gasteiger partial charge in [0.2, 0.25) is 0 Å². The van der Waals surface area contributed by atoms with Gasteiger partial charge in [0.1, 0.15) is 0 Å². The van der Waals surface area contributed by atoms with Crippen molar-refractivity contribution in [2.45, 2.75) is 38.5 Å². The molecule has 0 saturated carbocycles. The van der Waals surface area contributed by atoms with E-state index in [9.17, 15) is 59.4 Å². The van der Waals surface area contributed by atoms with Gasteiger partial charge in [-0.3, -0.25) is 0 Å². The van der Waals surface area contributed by atoms with Crippen LogP contribution in [0.3, 0.4) is 0 Å².